The molecule has 1 aromatic carbocycles. The highest BCUT2D eigenvalue weighted by Crippen LogP contribution is 2.11. The van der Waals surface area contributed by atoms with Crippen LogP contribution in [0.5, 0.6) is 0 Å². The Morgan fingerprint density at radius 2 is 1.93 bits per heavy atom. The highest BCUT2D eigenvalue weighted by Gasteiger charge is 2.13. The first-order valence-corrected chi connectivity index (χ1v) is 5.10. The van der Waals surface area contributed by atoms with Gasteiger partial charge in [-0.25, -0.2) is 0 Å². The van der Waals surface area contributed by atoms with E-state index in [9.17, 15) is 5.11 Å². The first-order chi connectivity index (χ1) is 6.74. The van der Waals surface area contributed by atoms with Gasteiger partial charge in [-0.1, -0.05) is 37.3 Å². The van der Waals surface area contributed by atoms with Gasteiger partial charge in [0.05, 0.1) is 6.10 Å². The molecule has 2 unspecified atom stereocenters. The minimum absolute atomic E-state index is 0.264. The van der Waals surface area contributed by atoms with Gasteiger partial charge in [-0.2, -0.15) is 0 Å². The van der Waals surface area contributed by atoms with Crippen LogP contribution in [0.2, 0.25) is 0 Å². The minimum Gasteiger partial charge on any atom is -0.392 e. The lowest BCUT2D eigenvalue weighted by Gasteiger charge is -2.18. The normalized spacial score (nSPS) is 15.1. The van der Waals surface area contributed by atoms with Gasteiger partial charge < -0.3 is 10.4 Å². The van der Waals surface area contributed by atoms with Crippen LogP contribution >= 0.6 is 0 Å². The molecule has 1 aromatic rings. The van der Waals surface area contributed by atoms with E-state index in [1.807, 2.05) is 25.2 Å². The molecule has 0 fully saturated rings. The third kappa shape index (κ3) is 3.48. The van der Waals surface area contributed by atoms with E-state index in [0.717, 1.165) is 6.42 Å². The highest BCUT2D eigenvalue weighted by atomic mass is 16.3. The molecule has 2 heteroatoms. The monoisotopic (exact) mass is 193 g/mol. The first kappa shape index (κ1) is 11.2. The summed E-state index contributed by atoms with van der Waals surface area (Å²) in [6, 6.07) is 10.3. The second kappa shape index (κ2) is 5.78. The molecule has 0 aromatic heterocycles. The standard InChI is InChI=1S/C12H19NO/c1-10(12(14)9-13-2)8-11-6-4-3-5-7-11/h3-7,10,12-14H,8-9H2,1-2H3. The molecule has 1 rings (SSSR count). The number of benzene rings is 1. The molecule has 0 aliphatic rings. The second-order valence-electron chi connectivity index (χ2n) is 3.79. The lowest BCUT2D eigenvalue weighted by Crippen LogP contribution is -2.30. The van der Waals surface area contributed by atoms with Gasteiger partial charge in [-0.05, 0) is 24.9 Å². The van der Waals surface area contributed by atoms with Crippen molar-refractivity contribution in [3.05, 3.63) is 35.9 Å². The highest BCUT2D eigenvalue weighted by molar-refractivity contribution is 5.15. The Labute approximate surface area is 86.0 Å². The maximum atomic E-state index is 9.72. The fourth-order valence-corrected chi connectivity index (χ4v) is 1.53. The number of hydrogen-bond acceptors (Lipinski definition) is 2. The SMILES string of the molecule is CNCC(O)C(C)Cc1ccccc1. The summed E-state index contributed by atoms with van der Waals surface area (Å²) in [6.07, 6.45) is 0.671. The second-order valence-corrected chi connectivity index (χ2v) is 3.79. The van der Waals surface area contributed by atoms with Crippen LogP contribution < -0.4 is 5.32 Å². The molecule has 0 saturated carbocycles. The Balaban J connectivity index is 2.44. The van der Waals surface area contributed by atoms with Crippen LogP contribution in [-0.2, 0) is 6.42 Å². The summed E-state index contributed by atoms with van der Waals surface area (Å²) in [5.41, 5.74) is 1.29. The van der Waals surface area contributed by atoms with E-state index >= 15 is 0 Å². The van der Waals surface area contributed by atoms with Gasteiger partial charge in [0, 0.05) is 6.54 Å². The van der Waals surface area contributed by atoms with Gasteiger partial charge in [0.1, 0.15) is 0 Å². The van der Waals surface area contributed by atoms with Crippen molar-refractivity contribution in [1.82, 2.24) is 5.32 Å². The van der Waals surface area contributed by atoms with Gasteiger partial charge in [0.15, 0.2) is 0 Å². The fourth-order valence-electron chi connectivity index (χ4n) is 1.53. The molecular formula is C12H19NO. The van der Waals surface area contributed by atoms with Crippen LogP contribution in [0.25, 0.3) is 0 Å². The van der Waals surface area contributed by atoms with Gasteiger partial charge >= 0.3 is 0 Å². The quantitative estimate of drug-likeness (QED) is 0.741. The van der Waals surface area contributed by atoms with Crippen LogP contribution in [0, 0.1) is 5.92 Å². The summed E-state index contributed by atoms with van der Waals surface area (Å²) < 4.78 is 0. The Hall–Kier alpha value is -0.860. The van der Waals surface area contributed by atoms with Gasteiger partial charge in [-0.15, -0.1) is 0 Å². The summed E-state index contributed by atoms with van der Waals surface area (Å²) in [7, 11) is 1.86. The average Bonchev–Trinajstić information content (AvgIpc) is 2.19. The summed E-state index contributed by atoms with van der Waals surface area (Å²) in [4.78, 5) is 0. The van der Waals surface area contributed by atoms with Crippen molar-refractivity contribution in [3.8, 4) is 0 Å². The summed E-state index contributed by atoms with van der Waals surface area (Å²) in [6.45, 7) is 2.74. The van der Waals surface area contributed by atoms with Crippen molar-refractivity contribution in [3.63, 3.8) is 0 Å². The Bertz CT molecular complexity index is 248. The first-order valence-electron chi connectivity index (χ1n) is 5.10. The van der Waals surface area contributed by atoms with Crippen LogP contribution in [0.1, 0.15) is 12.5 Å². The van der Waals surface area contributed by atoms with Crippen molar-refractivity contribution >= 4 is 0 Å². The van der Waals surface area contributed by atoms with Gasteiger partial charge in [0.2, 0.25) is 0 Å². The molecule has 0 radical (unpaired) electrons. The average molecular weight is 193 g/mol. The van der Waals surface area contributed by atoms with E-state index < -0.39 is 0 Å². The molecule has 0 amide bonds. The zero-order valence-corrected chi connectivity index (χ0v) is 8.90. The lowest BCUT2D eigenvalue weighted by molar-refractivity contribution is 0.117. The molecule has 0 saturated heterocycles. The number of rotatable bonds is 5. The molecule has 14 heavy (non-hydrogen) atoms. The summed E-state index contributed by atoms with van der Waals surface area (Å²) in [5, 5.41) is 12.7. The van der Waals surface area contributed by atoms with Crippen LogP contribution in [0.3, 0.4) is 0 Å². The van der Waals surface area contributed by atoms with E-state index in [2.05, 4.69) is 24.4 Å². The molecule has 2 nitrogen and oxygen atoms in total. The Morgan fingerprint density at radius 3 is 2.50 bits per heavy atom. The molecule has 0 aliphatic carbocycles. The molecular weight excluding hydrogens is 174 g/mol. The smallest absolute Gasteiger partial charge is 0.0693 e. The lowest BCUT2D eigenvalue weighted by atomic mass is 9.96. The van der Waals surface area contributed by atoms with Crippen molar-refractivity contribution < 1.29 is 5.11 Å². The summed E-state index contributed by atoms with van der Waals surface area (Å²) in [5.74, 6) is 0.296. The van der Waals surface area contributed by atoms with E-state index in [1.54, 1.807) is 0 Å². The zero-order chi connectivity index (χ0) is 10.4. The largest absolute Gasteiger partial charge is 0.392 e. The predicted octanol–water partition coefficient (Wildman–Crippen LogP) is 1.45. The van der Waals surface area contributed by atoms with E-state index in [0.29, 0.717) is 12.5 Å². The summed E-state index contributed by atoms with van der Waals surface area (Å²) >= 11 is 0. The van der Waals surface area contributed by atoms with Gasteiger partial charge in [-0.3, -0.25) is 0 Å². The maximum absolute atomic E-state index is 9.72. The minimum atomic E-state index is -0.264. The molecule has 0 spiro atoms. The number of hydrogen-bond donors (Lipinski definition) is 2. The number of nitrogens with one attached hydrogen (secondary N) is 1. The van der Waals surface area contributed by atoms with E-state index in [4.69, 9.17) is 0 Å². The number of likely N-dealkylation sites (N-methyl/N-ethyl adjacent to an activating group) is 1. The van der Waals surface area contributed by atoms with E-state index in [-0.39, 0.29) is 6.10 Å². The topological polar surface area (TPSA) is 32.3 Å². The maximum Gasteiger partial charge on any atom is 0.0693 e. The molecule has 2 atom stereocenters. The zero-order valence-electron chi connectivity index (χ0n) is 8.90. The van der Waals surface area contributed by atoms with Crippen molar-refractivity contribution in [2.24, 2.45) is 5.92 Å². The number of aliphatic hydroxyl groups is 1. The molecule has 0 aliphatic heterocycles. The van der Waals surface area contributed by atoms with Crippen molar-refractivity contribution in [2.75, 3.05) is 13.6 Å². The third-order valence-electron chi connectivity index (χ3n) is 2.47. The van der Waals surface area contributed by atoms with Crippen molar-refractivity contribution in [1.29, 1.82) is 0 Å². The third-order valence-corrected chi connectivity index (χ3v) is 2.47. The van der Waals surface area contributed by atoms with E-state index in [1.165, 1.54) is 5.56 Å². The predicted molar refractivity (Wildman–Crippen MR) is 59.2 cm³/mol. The molecule has 0 bridgehead atoms. The molecule has 2 N–H and O–H groups in total. The van der Waals surface area contributed by atoms with Gasteiger partial charge in [0.25, 0.3) is 0 Å². The van der Waals surface area contributed by atoms with Crippen LogP contribution in [0.15, 0.2) is 30.3 Å². The fraction of sp³-hybridized carbons (Fsp3) is 0.500. The Morgan fingerprint density at radius 1 is 1.29 bits per heavy atom. The molecule has 78 valence electrons. The number of aliphatic hydroxyl groups excluding tert-OH is 1. The van der Waals surface area contributed by atoms with Crippen molar-refractivity contribution in [2.45, 2.75) is 19.4 Å². The Kier molecular flexibility index (Phi) is 4.63. The van der Waals surface area contributed by atoms with Crippen LogP contribution in [-0.4, -0.2) is 24.8 Å². The van der Waals surface area contributed by atoms with Crippen LogP contribution in [0.4, 0.5) is 0 Å². The molecule has 0 heterocycles.